The maximum atomic E-state index is 10.8. The minimum atomic E-state index is -0.729. The van der Waals surface area contributed by atoms with Gasteiger partial charge in [-0.05, 0) is 27.7 Å². The zero-order valence-electron chi connectivity index (χ0n) is 8.89. The normalized spacial score (nSPS) is 11.6. The van der Waals surface area contributed by atoms with Crippen LogP contribution in [0, 0.1) is 0 Å². The van der Waals surface area contributed by atoms with Crippen LogP contribution in [-0.2, 0) is 14.5 Å². The third-order valence-electron chi connectivity index (χ3n) is 0.860. The first-order chi connectivity index (χ1) is 6.52. The smallest absolute Gasteiger partial charge is 0.444 e. The highest BCUT2D eigenvalue weighted by atomic mass is 17.2. The summed E-state index contributed by atoms with van der Waals surface area (Å²) >= 11 is 0. The number of azo groups is 1. The van der Waals surface area contributed by atoms with Crippen LogP contribution in [0.1, 0.15) is 27.7 Å². The Labute approximate surface area is 83.2 Å². The van der Waals surface area contributed by atoms with E-state index in [1.54, 1.807) is 13.8 Å². The number of ether oxygens (including phenoxy) is 1. The number of hydrogen-bond donors (Lipinski definition) is 0. The third kappa shape index (κ3) is 9.08. The Morgan fingerprint density at radius 3 is 2.36 bits per heavy atom. The molecule has 0 radical (unpaired) electrons. The lowest BCUT2D eigenvalue weighted by molar-refractivity contribution is -0.315. The van der Waals surface area contributed by atoms with Crippen LogP contribution in [0.5, 0.6) is 0 Å². The van der Waals surface area contributed by atoms with Crippen molar-refractivity contribution in [3.63, 3.8) is 0 Å². The van der Waals surface area contributed by atoms with E-state index < -0.39 is 6.09 Å². The summed E-state index contributed by atoms with van der Waals surface area (Å²) in [6.07, 6.45) is -0.977. The summed E-state index contributed by atoms with van der Waals surface area (Å²) in [6, 6.07) is 0. The Bertz CT molecular complexity index is 192. The van der Waals surface area contributed by atoms with Crippen molar-refractivity contribution in [1.82, 2.24) is 0 Å². The summed E-state index contributed by atoms with van der Waals surface area (Å²) in [5.41, 5.74) is 0. The summed E-state index contributed by atoms with van der Waals surface area (Å²) in [6.45, 7) is 6.96. The van der Waals surface area contributed by atoms with Crippen LogP contribution in [0.2, 0.25) is 0 Å². The Kier molecular flexibility index (Phi) is 6.87. The quantitative estimate of drug-likeness (QED) is 0.298. The second-order valence-electron chi connectivity index (χ2n) is 3.07. The Balaban J connectivity index is 3.47. The molecule has 0 rings (SSSR count). The average molecular weight is 204 g/mol. The van der Waals surface area contributed by atoms with Crippen LogP contribution in [0.15, 0.2) is 10.2 Å². The van der Waals surface area contributed by atoms with Gasteiger partial charge >= 0.3 is 6.09 Å². The largest absolute Gasteiger partial charge is 0.452 e. The zero-order valence-corrected chi connectivity index (χ0v) is 8.89. The first-order valence-corrected chi connectivity index (χ1v) is 4.38. The molecule has 6 heteroatoms. The van der Waals surface area contributed by atoms with Crippen molar-refractivity contribution < 1.29 is 19.3 Å². The van der Waals surface area contributed by atoms with Crippen LogP contribution in [0.25, 0.3) is 0 Å². The number of hydrogen-bond acceptors (Lipinski definition) is 5. The summed E-state index contributed by atoms with van der Waals surface area (Å²) in [5, 5.41) is 6.62. The van der Waals surface area contributed by atoms with Gasteiger partial charge in [-0.3, -0.25) is 0 Å². The van der Waals surface area contributed by atoms with Gasteiger partial charge in [0, 0.05) is 0 Å². The van der Waals surface area contributed by atoms with Gasteiger partial charge in [-0.2, -0.15) is 5.11 Å². The van der Waals surface area contributed by atoms with Crippen LogP contribution < -0.4 is 0 Å². The van der Waals surface area contributed by atoms with Gasteiger partial charge in [0.05, 0.1) is 12.2 Å². The second-order valence-corrected chi connectivity index (χ2v) is 3.07. The number of carbonyl (C=O) groups excluding carboxylic acids is 1. The van der Waals surface area contributed by atoms with Crippen LogP contribution in [-0.4, -0.2) is 25.0 Å². The first kappa shape index (κ1) is 13.0. The van der Waals surface area contributed by atoms with E-state index >= 15 is 0 Å². The van der Waals surface area contributed by atoms with Crippen molar-refractivity contribution in [2.45, 2.75) is 39.9 Å². The molecule has 0 aromatic carbocycles. The molecule has 0 bridgehead atoms. The predicted octanol–water partition coefficient (Wildman–Crippen LogP) is 2.30. The SMILES string of the molecule is CC(C)OOCN=NC(=O)OC(C)C. The molecular formula is C8H16N2O4. The molecule has 0 N–H and O–H groups in total. The number of rotatable bonds is 5. The molecule has 0 aromatic rings. The molecule has 82 valence electrons. The fourth-order valence-corrected chi connectivity index (χ4v) is 0.502. The van der Waals surface area contributed by atoms with Gasteiger partial charge in [0.25, 0.3) is 0 Å². The van der Waals surface area contributed by atoms with Gasteiger partial charge in [-0.15, -0.1) is 0 Å². The van der Waals surface area contributed by atoms with E-state index in [1.165, 1.54) is 0 Å². The number of carbonyl (C=O) groups is 1. The maximum Gasteiger partial charge on any atom is 0.452 e. The molecule has 0 aliphatic rings. The molecule has 0 aliphatic heterocycles. The van der Waals surface area contributed by atoms with E-state index in [9.17, 15) is 4.79 Å². The number of nitrogens with zero attached hydrogens (tertiary/aromatic N) is 2. The van der Waals surface area contributed by atoms with Crippen molar-refractivity contribution in [3.8, 4) is 0 Å². The summed E-state index contributed by atoms with van der Waals surface area (Å²) < 4.78 is 4.68. The molecule has 0 saturated heterocycles. The van der Waals surface area contributed by atoms with Gasteiger partial charge in [0.2, 0.25) is 0 Å². The van der Waals surface area contributed by atoms with Crippen molar-refractivity contribution >= 4 is 6.09 Å². The molecule has 1 amide bonds. The first-order valence-electron chi connectivity index (χ1n) is 4.38. The zero-order chi connectivity index (χ0) is 11.0. The highest BCUT2D eigenvalue weighted by Crippen LogP contribution is 1.94. The molecule has 0 aromatic heterocycles. The Hall–Kier alpha value is -1.01. The van der Waals surface area contributed by atoms with E-state index in [0.717, 1.165) is 0 Å². The third-order valence-corrected chi connectivity index (χ3v) is 0.860. The van der Waals surface area contributed by atoms with Gasteiger partial charge in [-0.1, -0.05) is 5.11 Å². The summed E-state index contributed by atoms with van der Waals surface area (Å²) in [7, 11) is 0. The van der Waals surface area contributed by atoms with Gasteiger partial charge < -0.3 is 4.74 Å². The van der Waals surface area contributed by atoms with Crippen molar-refractivity contribution in [3.05, 3.63) is 0 Å². The summed E-state index contributed by atoms with van der Waals surface area (Å²) in [4.78, 5) is 20.1. The molecule has 14 heavy (non-hydrogen) atoms. The maximum absolute atomic E-state index is 10.8. The fraction of sp³-hybridized carbons (Fsp3) is 0.875. The lowest BCUT2D eigenvalue weighted by Gasteiger charge is -2.03. The highest BCUT2D eigenvalue weighted by Gasteiger charge is 2.01. The van der Waals surface area contributed by atoms with E-state index in [0.29, 0.717) is 0 Å². The standard InChI is InChI=1S/C8H16N2O4/c1-6(2)13-8(11)10-9-5-12-14-7(3)4/h6-7H,5H2,1-4H3. The van der Waals surface area contributed by atoms with E-state index in [1.807, 2.05) is 13.8 Å². The van der Waals surface area contributed by atoms with Crippen molar-refractivity contribution in [2.24, 2.45) is 10.2 Å². The lowest BCUT2D eigenvalue weighted by Crippen LogP contribution is -2.07. The van der Waals surface area contributed by atoms with Crippen LogP contribution >= 0.6 is 0 Å². The van der Waals surface area contributed by atoms with Gasteiger partial charge in [0.1, 0.15) is 0 Å². The van der Waals surface area contributed by atoms with Crippen molar-refractivity contribution in [2.75, 3.05) is 6.73 Å². The van der Waals surface area contributed by atoms with Crippen molar-refractivity contribution in [1.29, 1.82) is 0 Å². The predicted molar refractivity (Wildman–Crippen MR) is 48.6 cm³/mol. The highest BCUT2D eigenvalue weighted by molar-refractivity contribution is 5.67. The van der Waals surface area contributed by atoms with Gasteiger partial charge in [0.15, 0.2) is 6.73 Å². The Morgan fingerprint density at radius 1 is 1.21 bits per heavy atom. The molecular weight excluding hydrogens is 188 g/mol. The topological polar surface area (TPSA) is 69.5 Å². The van der Waals surface area contributed by atoms with Gasteiger partial charge in [-0.25, -0.2) is 14.6 Å². The Morgan fingerprint density at radius 2 is 1.86 bits per heavy atom. The molecule has 0 aliphatic carbocycles. The molecule has 0 fully saturated rings. The molecule has 0 spiro atoms. The summed E-state index contributed by atoms with van der Waals surface area (Å²) in [5.74, 6) is 0. The van der Waals surface area contributed by atoms with E-state index in [-0.39, 0.29) is 18.9 Å². The molecule has 0 heterocycles. The second kappa shape index (κ2) is 7.40. The van der Waals surface area contributed by atoms with Crippen LogP contribution in [0.4, 0.5) is 4.79 Å². The number of amides is 1. The fourth-order valence-electron chi connectivity index (χ4n) is 0.502. The van der Waals surface area contributed by atoms with Crippen LogP contribution in [0.3, 0.4) is 0 Å². The minimum absolute atomic E-state index is 0.0483. The van der Waals surface area contributed by atoms with E-state index in [2.05, 4.69) is 19.9 Å². The average Bonchev–Trinajstić information content (AvgIpc) is 2.01. The molecule has 0 saturated carbocycles. The minimum Gasteiger partial charge on any atom is -0.444 e. The molecule has 6 nitrogen and oxygen atoms in total. The van der Waals surface area contributed by atoms with E-state index in [4.69, 9.17) is 4.89 Å². The monoisotopic (exact) mass is 204 g/mol. The lowest BCUT2D eigenvalue weighted by atomic mass is 10.5. The molecule has 0 atom stereocenters. The molecule has 0 unspecified atom stereocenters.